The van der Waals surface area contributed by atoms with Crippen molar-refractivity contribution in [2.45, 2.75) is 63.3 Å². The van der Waals surface area contributed by atoms with Crippen LogP contribution in [0.25, 0.3) is 0 Å². The summed E-state index contributed by atoms with van der Waals surface area (Å²) in [7, 11) is 3.77. The van der Waals surface area contributed by atoms with Crippen LogP contribution in [0.1, 0.15) is 42.3 Å². The number of hydrogen-bond acceptors (Lipinski definition) is 7. The third-order valence-electron chi connectivity index (χ3n) is 6.21. The molecule has 7 nitrogen and oxygen atoms in total. The maximum absolute atomic E-state index is 5.95. The molecule has 0 N–H and O–H groups in total. The molecule has 0 unspecified atom stereocenters. The number of benzene rings is 2. The Labute approximate surface area is 212 Å². The highest BCUT2D eigenvalue weighted by Crippen LogP contribution is 2.29. The van der Waals surface area contributed by atoms with Crippen LogP contribution in [0.5, 0.6) is 11.5 Å². The van der Waals surface area contributed by atoms with Gasteiger partial charge in [-0.1, -0.05) is 42.1 Å². The number of thioether (sulfide) groups is 1. The molecule has 0 spiro atoms. The Morgan fingerprint density at radius 1 is 1.14 bits per heavy atom. The lowest BCUT2D eigenvalue weighted by atomic mass is 10.1. The second kappa shape index (κ2) is 12.4. The summed E-state index contributed by atoms with van der Waals surface area (Å²) >= 11 is 1.75. The van der Waals surface area contributed by atoms with Crippen LogP contribution in [0.15, 0.2) is 47.6 Å². The first-order chi connectivity index (χ1) is 17.1. The number of nitrogens with zero attached hydrogens (tertiary/aromatic N) is 4. The zero-order valence-electron chi connectivity index (χ0n) is 21.2. The summed E-state index contributed by atoms with van der Waals surface area (Å²) in [6.07, 6.45) is 2.43. The fourth-order valence-corrected chi connectivity index (χ4v) is 5.37. The van der Waals surface area contributed by atoms with E-state index in [0.717, 1.165) is 66.3 Å². The minimum atomic E-state index is 0.225. The zero-order valence-corrected chi connectivity index (χ0v) is 22.0. The van der Waals surface area contributed by atoms with Gasteiger partial charge in [0.2, 0.25) is 0 Å². The van der Waals surface area contributed by atoms with Gasteiger partial charge in [0.25, 0.3) is 0 Å². The molecule has 8 heteroatoms. The molecule has 1 saturated heterocycles. The first kappa shape index (κ1) is 25.5. The maximum Gasteiger partial charge on any atom is 0.191 e. The van der Waals surface area contributed by atoms with Gasteiger partial charge in [-0.3, -0.25) is 4.90 Å². The summed E-state index contributed by atoms with van der Waals surface area (Å²) in [6.45, 7) is 7.84. The average molecular weight is 497 g/mol. The topological polar surface area (TPSA) is 61.6 Å². The minimum Gasteiger partial charge on any atom is -0.493 e. The number of hydrogen-bond donors (Lipinski definition) is 0. The summed E-state index contributed by atoms with van der Waals surface area (Å²) in [5.74, 6) is 3.37. The van der Waals surface area contributed by atoms with Crippen molar-refractivity contribution in [3.05, 3.63) is 65.0 Å². The van der Waals surface area contributed by atoms with Crippen LogP contribution < -0.4 is 9.47 Å². The normalized spacial score (nSPS) is 15.6. The van der Waals surface area contributed by atoms with Crippen LogP contribution in [0.2, 0.25) is 0 Å². The van der Waals surface area contributed by atoms with Crippen LogP contribution in [-0.4, -0.2) is 53.1 Å². The highest BCUT2D eigenvalue weighted by atomic mass is 32.2. The molecule has 0 bridgehead atoms. The molecule has 0 radical (unpaired) electrons. The van der Waals surface area contributed by atoms with E-state index < -0.39 is 0 Å². The molecule has 2 heterocycles. The maximum atomic E-state index is 5.95. The first-order valence-electron chi connectivity index (χ1n) is 12.3. The van der Waals surface area contributed by atoms with E-state index in [1.807, 2.05) is 13.0 Å². The van der Waals surface area contributed by atoms with Gasteiger partial charge in [0, 0.05) is 18.9 Å². The van der Waals surface area contributed by atoms with E-state index in [0.29, 0.717) is 13.2 Å². The van der Waals surface area contributed by atoms with Gasteiger partial charge >= 0.3 is 0 Å². The van der Waals surface area contributed by atoms with Crippen molar-refractivity contribution in [1.82, 2.24) is 19.7 Å². The highest BCUT2D eigenvalue weighted by molar-refractivity contribution is 7.98. The van der Waals surface area contributed by atoms with Crippen LogP contribution in [0.4, 0.5) is 0 Å². The van der Waals surface area contributed by atoms with E-state index in [1.165, 1.54) is 11.1 Å². The van der Waals surface area contributed by atoms with Crippen LogP contribution in [-0.2, 0) is 30.1 Å². The molecular weight excluding hydrogens is 460 g/mol. The molecule has 1 aliphatic heterocycles. The van der Waals surface area contributed by atoms with Crippen molar-refractivity contribution in [3.63, 3.8) is 0 Å². The third-order valence-corrected chi connectivity index (χ3v) is 7.23. The molecule has 1 aliphatic rings. The Morgan fingerprint density at radius 3 is 2.74 bits per heavy atom. The summed E-state index contributed by atoms with van der Waals surface area (Å²) in [5, 5.41) is 10.1. The van der Waals surface area contributed by atoms with Crippen molar-refractivity contribution in [1.29, 1.82) is 0 Å². The van der Waals surface area contributed by atoms with E-state index in [1.54, 1.807) is 18.9 Å². The lowest BCUT2D eigenvalue weighted by molar-refractivity contribution is 0.0934. The fraction of sp³-hybridized carbons (Fsp3) is 0.481. The lowest BCUT2D eigenvalue weighted by Gasteiger charge is -2.20. The van der Waals surface area contributed by atoms with Crippen LogP contribution in [0, 0.1) is 6.92 Å². The molecule has 1 fully saturated rings. The van der Waals surface area contributed by atoms with Gasteiger partial charge in [-0.05, 0) is 62.6 Å². The number of methoxy groups -OCH3 is 1. The van der Waals surface area contributed by atoms with Gasteiger partial charge in [-0.15, -0.1) is 10.2 Å². The number of aromatic nitrogens is 3. The number of ether oxygens (including phenoxy) is 3. The monoisotopic (exact) mass is 496 g/mol. The minimum absolute atomic E-state index is 0.225. The molecule has 1 atom stereocenters. The molecule has 0 aliphatic carbocycles. The van der Waals surface area contributed by atoms with Gasteiger partial charge in [0.1, 0.15) is 5.82 Å². The summed E-state index contributed by atoms with van der Waals surface area (Å²) < 4.78 is 19.4. The van der Waals surface area contributed by atoms with Crippen LogP contribution in [0.3, 0.4) is 0 Å². The van der Waals surface area contributed by atoms with Gasteiger partial charge < -0.3 is 18.8 Å². The Morgan fingerprint density at radius 2 is 2.00 bits per heavy atom. The summed E-state index contributed by atoms with van der Waals surface area (Å²) in [6, 6.07) is 14.6. The Balaban J connectivity index is 1.47. The predicted molar refractivity (Wildman–Crippen MR) is 139 cm³/mol. The zero-order chi connectivity index (χ0) is 24.6. The summed E-state index contributed by atoms with van der Waals surface area (Å²) in [5.41, 5.74) is 3.79. The van der Waals surface area contributed by atoms with E-state index in [-0.39, 0.29) is 6.10 Å². The molecule has 1 aromatic heterocycles. The molecule has 3 aromatic rings. The highest BCUT2D eigenvalue weighted by Gasteiger charge is 2.22. The van der Waals surface area contributed by atoms with Gasteiger partial charge in [0.05, 0.1) is 32.9 Å². The van der Waals surface area contributed by atoms with Crippen molar-refractivity contribution in [2.24, 2.45) is 0 Å². The van der Waals surface area contributed by atoms with E-state index in [4.69, 9.17) is 14.2 Å². The Bertz CT molecular complexity index is 1100. The first-order valence-corrected chi connectivity index (χ1v) is 13.2. The Hall–Kier alpha value is -2.55. The second-order valence-corrected chi connectivity index (χ2v) is 9.89. The largest absolute Gasteiger partial charge is 0.493 e. The number of aryl methyl sites for hydroxylation is 1. The van der Waals surface area contributed by atoms with Crippen molar-refractivity contribution < 1.29 is 14.2 Å². The van der Waals surface area contributed by atoms with Crippen LogP contribution >= 0.6 is 11.8 Å². The van der Waals surface area contributed by atoms with E-state index >= 15 is 0 Å². The standard InChI is InChI=1S/C27H36N4O3S/c1-5-33-25-15-21(12-13-24(25)32-4)16-30(3)18-26-28-29-27(31(26)17-23-11-8-14-34-23)35-19-22-10-7-6-9-20(22)2/h6-7,9-10,12-13,15,23H,5,8,11,14,16-19H2,1-4H3/t23-/m1/s1. The predicted octanol–water partition coefficient (Wildman–Crippen LogP) is 5.10. The van der Waals surface area contributed by atoms with Gasteiger partial charge in [0.15, 0.2) is 16.7 Å². The van der Waals surface area contributed by atoms with Crippen molar-refractivity contribution in [3.8, 4) is 11.5 Å². The van der Waals surface area contributed by atoms with E-state index in [9.17, 15) is 0 Å². The molecule has 35 heavy (non-hydrogen) atoms. The van der Waals surface area contributed by atoms with Crippen molar-refractivity contribution in [2.75, 3.05) is 27.4 Å². The molecular formula is C27H36N4O3S. The second-order valence-electron chi connectivity index (χ2n) is 8.95. The van der Waals surface area contributed by atoms with Crippen molar-refractivity contribution >= 4 is 11.8 Å². The average Bonchev–Trinajstić information content (AvgIpc) is 3.50. The smallest absolute Gasteiger partial charge is 0.191 e. The fourth-order valence-electron chi connectivity index (χ4n) is 4.33. The SMILES string of the molecule is CCOc1cc(CN(C)Cc2nnc(SCc3ccccc3C)n2C[C@H]2CCCO2)ccc1OC. The Kier molecular flexibility index (Phi) is 9.06. The van der Waals surface area contributed by atoms with E-state index in [2.05, 4.69) is 70.0 Å². The lowest BCUT2D eigenvalue weighted by Crippen LogP contribution is -2.23. The molecule has 0 saturated carbocycles. The molecule has 188 valence electrons. The molecule has 2 aromatic carbocycles. The third kappa shape index (κ3) is 6.78. The van der Waals surface area contributed by atoms with Gasteiger partial charge in [-0.2, -0.15) is 0 Å². The molecule has 4 rings (SSSR count). The molecule has 0 amide bonds. The quantitative estimate of drug-likeness (QED) is 0.323. The van der Waals surface area contributed by atoms with Gasteiger partial charge in [-0.25, -0.2) is 0 Å². The summed E-state index contributed by atoms with van der Waals surface area (Å²) in [4.78, 5) is 2.25. The number of rotatable bonds is 12.